The quantitative estimate of drug-likeness (QED) is 0.708. The van der Waals surface area contributed by atoms with Crippen molar-refractivity contribution in [1.82, 2.24) is 14.8 Å². The largest absolute Gasteiger partial charge is 0.497 e. The van der Waals surface area contributed by atoms with Gasteiger partial charge >= 0.3 is 0 Å². The fraction of sp³-hybridized carbons (Fsp3) is 0.500. The lowest BCUT2D eigenvalue weighted by Crippen LogP contribution is -2.50. The van der Waals surface area contributed by atoms with Gasteiger partial charge in [0.25, 0.3) is 5.56 Å². The molecule has 180 valence electrons. The number of hydrogen-bond donors (Lipinski definition) is 1. The van der Waals surface area contributed by atoms with E-state index in [0.29, 0.717) is 56.6 Å². The average molecular weight is 468 g/mol. The molecule has 2 aromatic rings. The predicted octanol–water partition coefficient (Wildman–Crippen LogP) is 2.61. The van der Waals surface area contributed by atoms with Crippen molar-refractivity contribution in [2.45, 2.75) is 56.5 Å². The van der Waals surface area contributed by atoms with E-state index in [4.69, 9.17) is 4.74 Å². The van der Waals surface area contributed by atoms with Gasteiger partial charge in [0.05, 0.1) is 7.11 Å². The van der Waals surface area contributed by atoms with Crippen LogP contribution in [0.5, 0.6) is 5.75 Å². The van der Waals surface area contributed by atoms with Crippen molar-refractivity contribution < 1.29 is 18.7 Å². The minimum absolute atomic E-state index is 0.0238. The first-order chi connectivity index (χ1) is 16.4. The molecule has 1 aromatic heterocycles. The third kappa shape index (κ3) is 4.33. The maximum atomic E-state index is 14.5. The predicted molar refractivity (Wildman–Crippen MR) is 124 cm³/mol. The van der Waals surface area contributed by atoms with Crippen molar-refractivity contribution in [3.05, 3.63) is 63.8 Å². The van der Waals surface area contributed by atoms with Crippen LogP contribution in [0.25, 0.3) is 0 Å². The number of hydrogen-bond acceptors (Lipinski definition) is 4. The van der Waals surface area contributed by atoms with E-state index in [2.05, 4.69) is 5.32 Å². The molecule has 34 heavy (non-hydrogen) atoms. The van der Waals surface area contributed by atoms with E-state index < -0.39 is 5.54 Å². The Labute approximate surface area is 197 Å². The number of benzene rings is 1. The SMILES string of the molecule is COc1ccc(F)c(C[C@]2(CCC(=O)N3C[C@@H]4C[C@@H](C3)c3cccc(=O)n3C4)CCC(=O)N2)c1. The molecule has 2 fully saturated rings. The van der Waals surface area contributed by atoms with Gasteiger partial charge in [-0.1, -0.05) is 6.07 Å². The summed E-state index contributed by atoms with van der Waals surface area (Å²) >= 11 is 0. The van der Waals surface area contributed by atoms with Gasteiger partial charge in [0, 0.05) is 55.7 Å². The van der Waals surface area contributed by atoms with Gasteiger partial charge in [0.1, 0.15) is 11.6 Å². The number of aromatic nitrogens is 1. The number of ether oxygens (including phenoxy) is 1. The summed E-state index contributed by atoms with van der Waals surface area (Å²) in [6.45, 7) is 1.88. The summed E-state index contributed by atoms with van der Waals surface area (Å²) in [7, 11) is 1.53. The number of halogens is 1. The summed E-state index contributed by atoms with van der Waals surface area (Å²) in [6, 6.07) is 9.98. The molecule has 3 atom stereocenters. The number of carbonyl (C=O) groups excluding carboxylic acids is 2. The first-order valence-corrected chi connectivity index (χ1v) is 12.0. The molecule has 1 N–H and O–H groups in total. The zero-order valence-electron chi connectivity index (χ0n) is 19.4. The van der Waals surface area contributed by atoms with Crippen LogP contribution in [-0.2, 0) is 22.6 Å². The number of carbonyl (C=O) groups is 2. The number of piperidine rings is 1. The van der Waals surface area contributed by atoms with E-state index in [1.54, 1.807) is 24.3 Å². The van der Waals surface area contributed by atoms with E-state index in [-0.39, 0.29) is 41.4 Å². The van der Waals surface area contributed by atoms with Gasteiger partial charge in [-0.3, -0.25) is 14.4 Å². The molecular formula is C26H30FN3O4. The van der Waals surface area contributed by atoms with Crippen LogP contribution in [0.1, 0.15) is 49.3 Å². The molecule has 2 amide bonds. The summed E-state index contributed by atoms with van der Waals surface area (Å²) in [5, 5.41) is 3.04. The molecule has 1 aromatic carbocycles. The van der Waals surface area contributed by atoms with Crippen LogP contribution in [0.2, 0.25) is 0 Å². The topological polar surface area (TPSA) is 80.6 Å². The van der Waals surface area contributed by atoms with Crippen LogP contribution < -0.4 is 15.6 Å². The van der Waals surface area contributed by atoms with Crippen molar-refractivity contribution in [2.24, 2.45) is 5.92 Å². The summed E-state index contributed by atoms with van der Waals surface area (Å²) in [6.07, 6.45) is 2.98. The van der Waals surface area contributed by atoms with Gasteiger partial charge in [-0.2, -0.15) is 0 Å². The zero-order valence-corrected chi connectivity index (χ0v) is 19.4. The Morgan fingerprint density at radius 3 is 2.82 bits per heavy atom. The summed E-state index contributed by atoms with van der Waals surface area (Å²) in [5.74, 6) is 0.632. The van der Waals surface area contributed by atoms with E-state index in [1.807, 2.05) is 15.5 Å². The second-order valence-corrected chi connectivity index (χ2v) is 9.96. The lowest BCUT2D eigenvalue weighted by Gasteiger charge is -2.43. The maximum absolute atomic E-state index is 14.5. The Hall–Kier alpha value is -3.16. The molecule has 3 aliphatic heterocycles. The van der Waals surface area contributed by atoms with Crippen molar-refractivity contribution in [2.75, 3.05) is 20.2 Å². The van der Waals surface area contributed by atoms with Crippen LogP contribution in [-0.4, -0.2) is 47.0 Å². The molecule has 0 saturated carbocycles. The summed E-state index contributed by atoms with van der Waals surface area (Å²) < 4.78 is 21.6. The zero-order chi connectivity index (χ0) is 23.9. The lowest BCUT2D eigenvalue weighted by atomic mass is 9.82. The highest BCUT2D eigenvalue weighted by atomic mass is 19.1. The fourth-order valence-corrected chi connectivity index (χ4v) is 5.96. The summed E-state index contributed by atoms with van der Waals surface area (Å²) in [4.78, 5) is 39.5. The van der Waals surface area contributed by atoms with Crippen molar-refractivity contribution >= 4 is 11.8 Å². The van der Waals surface area contributed by atoms with E-state index in [9.17, 15) is 18.8 Å². The van der Waals surface area contributed by atoms with E-state index in [0.717, 1.165) is 12.1 Å². The third-order valence-corrected chi connectivity index (χ3v) is 7.67. The van der Waals surface area contributed by atoms with E-state index >= 15 is 0 Å². The minimum atomic E-state index is -0.647. The Balaban J connectivity index is 1.29. The van der Waals surface area contributed by atoms with Crippen LogP contribution >= 0.6 is 0 Å². The van der Waals surface area contributed by atoms with Crippen molar-refractivity contribution in [3.8, 4) is 5.75 Å². The van der Waals surface area contributed by atoms with Gasteiger partial charge in [0.2, 0.25) is 11.8 Å². The van der Waals surface area contributed by atoms with Gasteiger partial charge in [-0.05, 0) is 61.4 Å². The van der Waals surface area contributed by atoms with Gasteiger partial charge in [0.15, 0.2) is 0 Å². The molecule has 2 saturated heterocycles. The first kappa shape index (κ1) is 22.6. The molecular weight excluding hydrogens is 437 g/mol. The highest BCUT2D eigenvalue weighted by Crippen LogP contribution is 2.36. The number of amides is 2. The number of nitrogens with zero attached hydrogens (tertiary/aromatic N) is 2. The third-order valence-electron chi connectivity index (χ3n) is 7.67. The molecule has 8 heteroatoms. The monoisotopic (exact) mass is 467 g/mol. The molecule has 5 rings (SSSR count). The molecule has 7 nitrogen and oxygen atoms in total. The fourth-order valence-electron chi connectivity index (χ4n) is 5.96. The van der Waals surface area contributed by atoms with Gasteiger partial charge < -0.3 is 19.5 Å². The average Bonchev–Trinajstić information content (AvgIpc) is 3.20. The Kier molecular flexibility index (Phi) is 5.91. The number of fused-ring (bicyclic) bond motifs is 4. The van der Waals surface area contributed by atoms with E-state index in [1.165, 1.54) is 13.2 Å². The van der Waals surface area contributed by atoms with Gasteiger partial charge in [-0.15, -0.1) is 0 Å². The molecule has 3 aliphatic rings. The Morgan fingerprint density at radius 1 is 1.21 bits per heavy atom. The van der Waals surface area contributed by atoms with Crippen molar-refractivity contribution in [1.29, 1.82) is 0 Å². The Morgan fingerprint density at radius 2 is 2.06 bits per heavy atom. The van der Waals surface area contributed by atoms with Crippen LogP contribution in [0.3, 0.4) is 0 Å². The van der Waals surface area contributed by atoms with Crippen molar-refractivity contribution in [3.63, 3.8) is 0 Å². The number of methoxy groups -OCH3 is 1. The van der Waals surface area contributed by atoms with Crippen LogP contribution in [0.4, 0.5) is 4.39 Å². The van der Waals surface area contributed by atoms with Gasteiger partial charge in [-0.25, -0.2) is 4.39 Å². The normalized spacial score (nSPS) is 25.6. The molecule has 2 bridgehead atoms. The van der Waals surface area contributed by atoms with Crippen LogP contribution in [0.15, 0.2) is 41.2 Å². The molecule has 0 radical (unpaired) electrons. The second kappa shape index (κ2) is 8.89. The number of rotatable bonds is 6. The molecule has 0 unspecified atom stereocenters. The number of pyridine rings is 1. The molecule has 0 spiro atoms. The number of nitrogens with one attached hydrogen (secondary N) is 1. The highest BCUT2D eigenvalue weighted by Gasteiger charge is 2.40. The highest BCUT2D eigenvalue weighted by molar-refractivity contribution is 5.80. The number of likely N-dealkylation sites (tertiary alicyclic amines) is 1. The smallest absolute Gasteiger partial charge is 0.250 e. The molecule has 4 heterocycles. The maximum Gasteiger partial charge on any atom is 0.250 e. The molecule has 0 aliphatic carbocycles. The standard InChI is InChI=1S/C26H30FN3O4/c1-34-20-5-6-21(27)18(12-20)13-26(9-7-23(31)28-26)10-8-24(32)29-14-17-11-19(16-29)22-3-2-4-25(33)30(22)15-17/h2-6,12,17,19H,7-11,13-16H2,1H3,(H,28,31)/t17-,19-,26+/m0/s1. The summed E-state index contributed by atoms with van der Waals surface area (Å²) in [5.41, 5.74) is 0.861. The lowest BCUT2D eigenvalue weighted by molar-refractivity contribution is -0.134. The first-order valence-electron chi connectivity index (χ1n) is 12.0. The second-order valence-electron chi connectivity index (χ2n) is 9.96. The van der Waals surface area contributed by atoms with Crippen LogP contribution in [0, 0.1) is 11.7 Å². The minimum Gasteiger partial charge on any atom is -0.497 e. The Bertz CT molecular complexity index is 1180.